The zero-order valence-corrected chi connectivity index (χ0v) is 12.0. The lowest BCUT2D eigenvalue weighted by Gasteiger charge is -2.19. The molecular formula is C15H26O5. The normalized spacial score (nSPS) is 31.8. The average molecular weight is 286 g/mol. The molecule has 5 unspecified atom stereocenters. The summed E-state index contributed by atoms with van der Waals surface area (Å²) in [6.07, 6.45) is 4.97. The number of aliphatic hydroxyl groups excluding tert-OH is 3. The maximum Gasteiger partial charge on any atom is 0.303 e. The van der Waals surface area contributed by atoms with Crippen molar-refractivity contribution in [3.05, 3.63) is 12.2 Å². The highest BCUT2D eigenvalue weighted by atomic mass is 16.4. The van der Waals surface area contributed by atoms with Gasteiger partial charge in [-0.25, -0.2) is 0 Å². The van der Waals surface area contributed by atoms with E-state index in [2.05, 4.69) is 6.92 Å². The van der Waals surface area contributed by atoms with Gasteiger partial charge in [-0.3, -0.25) is 4.79 Å². The molecule has 0 saturated heterocycles. The molecule has 4 N–H and O–H groups in total. The number of carboxylic acids is 1. The van der Waals surface area contributed by atoms with E-state index >= 15 is 0 Å². The molecule has 1 aliphatic rings. The van der Waals surface area contributed by atoms with Gasteiger partial charge in [-0.15, -0.1) is 0 Å². The molecular weight excluding hydrogens is 260 g/mol. The lowest BCUT2D eigenvalue weighted by atomic mass is 9.90. The number of hydrogen-bond donors (Lipinski definition) is 4. The summed E-state index contributed by atoms with van der Waals surface area (Å²) in [6, 6.07) is 0. The number of unbranched alkanes of at least 4 members (excludes halogenated alkanes) is 2. The van der Waals surface area contributed by atoms with Gasteiger partial charge in [-0.1, -0.05) is 38.3 Å². The van der Waals surface area contributed by atoms with E-state index in [-0.39, 0.29) is 12.8 Å². The molecule has 5 nitrogen and oxygen atoms in total. The highest BCUT2D eigenvalue weighted by molar-refractivity contribution is 5.67. The van der Waals surface area contributed by atoms with Crippen LogP contribution in [0.1, 0.15) is 45.4 Å². The van der Waals surface area contributed by atoms with Crippen molar-refractivity contribution >= 4 is 5.97 Å². The average Bonchev–Trinajstić information content (AvgIpc) is 2.62. The van der Waals surface area contributed by atoms with Crippen LogP contribution in [0.2, 0.25) is 0 Å². The molecule has 0 amide bonds. The molecule has 0 aromatic rings. The van der Waals surface area contributed by atoms with Gasteiger partial charge in [0.15, 0.2) is 0 Å². The van der Waals surface area contributed by atoms with E-state index in [0.29, 0.717) is 6.42 Å². The molecule has 1 saturated carbocycles. The number of aliphatic carboxylic acids is 1. The molecule has 0 aliphatic heterocycles. The first kappa shape index (κ1) is 17.1. The van der Waals surface area contributed by atoms with Gasteiger partial charge in [0.25, 0.3) is 0 Å². The van der Waals surface area contributed by atoms with Gasteiger partial charge >= 0.3 is 5.97 Å². The lowest BCUT2D eigenvalue weighted by molar-refractivity contribution is -0.139. The van der Waals surface area contributed by atoms with Gasteiger partial charge in [0, 0.05) is 18.3 Å². The minimum Gasteiger partial charge on any atom is -0.481 e. The van der Waals surface area contributed by atoms with Crippen molar-refractivity contribution in [2.24, 2.45) is 11.8 Å². The van der Waals surface area contributed by atoms with Crippen molar-refractivity contribution in [3.63, 3.8) is 0 Å². The minimum absolute atomic E-state index is 0.167. The zero-order valence-electron chi connectivity index (χ0n) is 12.0. The first-order valence-electron chi connectivity index (χ1n) is 7.40. The molecule has 5 atom stereocenters. The van der Waals surface area contributed by atoms with E-state index < -0.39 is 36.1 Å². The monoisotopic (exact) mass is 286 g/mol. The predicted octanol–water partition coefficient (Wildman–Crippen LogP) is 1.32. The van der Waals surface area contributed by atoms with E-state index in [0.717, 1.165) is 19.3 Å². The van der Waals surface area contributed by atoms with Crippen LogP contribution in [-0.4, -0.2) is 44.7 Å². The zero-order chi connectivity index (χ0) is 15.1. The molecule has 0 radical (unpaired) electrons. The summed E-state index contributed by atoms with van der Waals surface area (Å²) >= 11 is 0. The summed E-state index contributed by atoms with van der Waals surface area (Å²) in [5.41, 5.74) is 0. The van der Waals surface area contributed by atoms with Gasteiger partial charge in [0.2, 0.25) is 0 Å². The second kappa shape index (κ2) is 8.39. The van der Waals surface area contributed by atoms with Crippen molar-refractivity contribution < 1.29 is 25.2 Å². The summed E-state index contributed by atoms with van der Waals surface area (Å²) in [4.78, 5) is 10.8. The number of carbonyl (C=O) groups is 1. The van der Waals surface area contributed by atoms with Crippen LogP contribution in [0.3, 0.4) is 0 Å². The van der Waals surface area contributed by atoms with Crippen LogP contribution in [0.4, 0.5) is 0 Å². The van der Waals surface area contributed by atoms with Crippen LogP contribution < -0.4 is 0 Å². The summed E-state index contributed by atoms with van der Waals surface area (Å²) in [6.45, 7) is 2.09. The quantitative estimate of drug-likeness (QED) is 0.398. The number of carboxylic acid groups (broad SMARTS) is 1. The Kier molecular flexibility index (Phi) is 7.19. The van der Waals surface area contributed by atoms with Crippen LogP contribution in [0.5, 0.6) is 0 Å². The molecule has 0 bridgehead atoms. The number of hydrogen-bond acceptors (Lipinski definition) is 4. The summed E-state index contributed by atoms with van der Waals surface area (Å²) in [5.74, 6) is -1.87. The largest absolute Gasteiger partial charge is 0.481 e. The van der Waals surface area contributed by atoms with Crippen molar-refractivity contribution in [2.45, 2.75) is 63.8 Å². The van der Waals surface area contributed by atoms with E-state index in [1.165, 1.54) is 0 Å². The Morgan fingerprint density at radius 1 is 1.30 bits per heavy atom. The van der Waals surface area contributed by atoms with Crippen molar-refractivity contribution in [3.8, 4) is 0 Å². The van der Waals surface area contributed by atoms with Gasteiger partial charge in [0.05, 0.1) is 24.7 Å². The minimum atomic E-state index is -0.981. The Balaban J connectivity index is 2.55. The number of rotatable bonds is 8. The predicted molar refractivity (Wildman–Crippen MR) is 75.2 cm³/mol. The van der Waals surface area contributed by atoms with Gasteiger partial charge < -0.3 is 20.4 Å². The fourth-order valence-electron chi connectivity index (χ4n) is 2.82. The molecule has 1 fully saturated rings. The summed E-state index contributed by atoms with van der Waals surface area (Å²) < 4.78 is 0. The van der Waals surface area contributed by atoms with Crippen molar-refractivity contribution in [1.29, 1.82) is 0 Å². The van der Waals surface area contributed by atoms with Crippen LogP contribution >= 0.6 is 0 Å². The fraction of sp³-hybridized carbons (Fsp3) is 0.800. The molecule has 1 rings (SSSR count). The van der Waals surface area contributed by atoms with E-state index in [9.17, 15) is 20.1 Å². The van der Waals surface area contributed by atoms with Gasteiger partial charge in [-0.2, -0.15) is 0 Å². The maximum absolute atomic E-state index is 10.8. The van der Waals surface area contributed by atoms with Crippen LogP contribution in [0.25, 0.3) is 0 Å². The van der Waals surface area contributed by atoms with Crippen molar-refractivity contribution in [1.82, 2.24) is 0 Å². The first-order chi connectivity index (χ1) is 9.45. The highest BCUT2D eigenvalue weighted by Gasteiger charge is 2.41. The highest BCUT2D eigenvalue weighted by Crippen LogP contribution is 2.36. The molecule has 1 aliphatic carbocycles. The smallest absolute Gasteiger partial charge is 0.303 e. The Labute approximate surface area is 119 Å². The fourth-order valence-corrected chi connectivity index (χ4v) is 2.82. The Morgan fingerprint density at radius 3 is 2.60 bits per heavy atom. The Hall–Kier alpha value is -0.910. The summed E-state index contributed by atoms with van der Waals surface area (Å²) in [7, 11) is 0. The van der Waals surface area contributed by atoms with Gasteiger partial charge in [0.1, 0.15) is 0 Å². The molecule has 20 heavy (non-hydrogen) atoms. The van der Waals surface area contributed by atoms with E-state index in [1.54, 1.807) is 12.2 Å². The van der Waals surface area contributed by atoms with Crippen LogP contribution in [-0.2, 0) is 4.79 Å². The lowest BCUT2D eigenvalue weighted by Crippen LogP contribution is -2.23. The molecule has 0 aromatic heterocycles. The summed E-state index contributed by atoms with van der Waals surface area (Å²) in [5, 5.41) is 38.3. The SMILES string of the molecule is CCCCCC(O)C=CC1C(O)CC(O)C1CC(=O)O. The Bertz CT molecular complexity index is 328. The Morgan fingerprint density at radius 2 is 2.00 bits per heavy atom. The molecule has 5 heteroatoms. The second-order valence-electron chi connectivity index (χ2n) is 5.66. The third kappa shape index (κ3) is 5.23. The van der Waals surface area contributed by atoms with Crippen LogP contribution in [0, 0.1) is 11.8 Å². The molecule has 116 valence electrons. The van der Waals surface area contributed by atoms with E-state index in [1.807, 2.05) is 0 Å². The van der Waals surface area contributed by atoms with Gasteiger partial charge in [-0.05, 0) is 6.42 Å². The topological polar surface area (TPSA) is 98.0 Å². The third-order valence-corrected chi connectivity index (χ3v) is 3.99. The second-order valence-corrected chi connectivity index (χ2v) is 5.66. The third-order valence-electron chi connectivity index (χ3n) is 3.99. The molecule has 0 heterocycles. The maximum atomic E-state index is 10.8. The first-order valence-corrected chi connectivity index (χ1v) is 7.40. The van der Waals surface area contributed by atoms with E-state index in [4.69, 9.17) is 5.11 Å². The van der Waals surface area contributed by atoms with Crippen molar-refractivity contribution in [2.75, 3.05) is 0 Å². The standard InChI is InChI=1S/C15H26O5/c1-2-3-4-5-10(16)6-7-11-12(8-15(19)20)14(18)9-13(11)17/h6-7,10-14,16-18H,2-5,8-9H2,1H3,(H,19,20). The van der Waals surface area contributed by atoms with Crippen LogP contribution in [0.15, 0.2) is 12.2 Å². The number of aliphatic hydroxyl groups is 3. The molecule has 0 aromatic carbocycles. The molecule has 0 spiro atoms.